The molecule has 0 aliphatic carbocycles. The van der Waals surface area contributed by atoms with Gasteiger partial charge in [0.25, 0.3) is 0 Å². The number of nitrogens with zero attached hydrogens (tertiary/aromatic N) is 1. The molecule has 1 amide bonds. The van der Waals surface area contributed by atoms with Crippen molar-refractivity contribution in [3.63, 3.8) is 0 Å². The van der Waals surface area contributed by atoms with Crippen LogP contribution in [0.5, 0.6) is 5.75 Å². The third kappa shape index (κ3) is 6.22. The summed E-state index contributed by atoms with van der Waals surface area (Å²) < 4.78 is 31.1. The van der Waals surface area contributed by atoms with Crippen molar-refractivity contribution in [3.8, 4) is 5.75 Å². The van der Waals surface area contributed by atoms with E-state index in [-0.39, 0.29) is 18.5 Å². The molecule has 0 saturated carbocycles. The maximum Gasteiger partial charge on any atom is 0.241 e. The minimum Gasteiger partial charge on any atom is -0.494 e. The molecular weight excluding hydrogens is 388 g/mol. The van der Waals surface area contributed by atoms with Crippen molar-refractivity contribution in [2.24, 2.45) is 0 Å². The number of hydrogen-bond acceptors (Lipinski definition) is 4. The van der Waals surface area contributed by atoms with Gasteiger partial charge < -0.3 is 10.1 Å². The number of sulfonamides is 1. The molecule has 0 aliphatic heterocycles. The van der Waals surface area contributed by atoms with Gasteiger partial charge in [0, 0.05) is 0 Å². The fourth-order valence-corrected chi connectivity index (χ4v) is 3.90. The van der Waals surface area contributed by atoms with Gasteiger partial charge in [0.15, 0.2) is 0 Å². The number of carbonyl (C=O) groups excluding carboxylic acids is 1. The van der Waals surface area contributed by atoms with Crippen LogP contribution in [0, 0.1) is 13.8 Å². The number of anilines is 1. The topological polar surface area (TPSA) is 75.7 Å². The largest absolute Gasteiger partial charge is 0.494 e. The molecule has 1 atom stereocenters. The Morgan fingerprint density at radius 2 is 1.72 bits per heavy atom. The highest BCUT2D eigenvalue weighted by Gasteiger charge is 2.22. The first-order valence-corrected chi connectivity index (χ1v) is 11.6. The van der Waals surface area contributed by atoms with Crippen LogP contribution in [0.4, 0.5) is 5.69 Å². The number of ether oxygens (including phenoxy) is 1. The van der Waals surface area contributed by atoms with E-state index in [0.29, 0.717) is 24.5 Å². The van der Waals surface area contributed by atoms with Crippen molar-refractivity contribution >= 4 is 21.6 Å². The van der Waals surface area contributed by atoms with E-state index in [1.165, 1.54) is 5.56 Å². The zero-order valence-electron chi connectivity index (χ0n) is 17.7. The molecule has 7 heteroatoms. The summed E-state index contributed by atoms with van der Waals surface area (Å²) in [6, 6.07) is 12.6. The molecule has 0 aliphatic rings. The van der Waals surface area contributed by atoms with Gasteiger partial charge in [-0.1, -0.05) is 25.1 Å². The molecule has 0 unspecified atom stereocenters. The van der Waals surface area contributed by atoms with E-state index >= 15 is 0 Å². The van der Waals surface area contributed by atoms with Gasteiger partial charge in [-0.25, -0.2) is 8.42 Å². The zero-order valence-corrected chi connectivity index (χ0v) is 18.5. The predicted octanol–water partition coefficient (Wildman–Crippen LogP) is 3.74. The van der Waals surface area contributed by atoms with Gasteiger partial charge in [0.2, 0.25) is 15.9 Å². The van der Waals surface area contributed by atoms with Crippen molar-refractivity contribution in [1.29, 1.82) is 0 Å². The number of rotatable bonds is 9. The van der Waals surface area contributed by atoms with Crippen LogP contribution in [-0.4, -0.2) is 33.7 Å². The summed E-state index contributed by atoms with van der Waals surface area (Å²) >= 11 is 0. The molecule has 0 aromatic heterocycles. The predicted molar refractivity (Wildman–Crippen MR) is 117 cm³/mol. The van der Waals surface area contributed by atoms with E-state index in [1.54, 1.807) is 24.3 Å². The Labute approximate surface area is 173 Å². The molecule has 0 bridgehead atoms. The number of aryl methyl sites for hydroxylation is 2. The van der Waals surface area contributed by atoms with Crippen molar-refractivity contribution in [1.82, 2.24) is 5.32 Å². The Hall–Kier alpha value is -2.54. The number of benzene rings is 2. The maximum absolute atomic E-state index is 12.7. The second-order valence-electron chi connectivity index (χ2n) is 7.07. The Morgan fingerprint density at radius 3 is 2.24 bits per heavy atom. The lowest BCUT2D eigenvalue weighted by atomic mass is 9.99. The average molecular weight is 419 g/mol. The summed E-state index contributed by atoms with van der Waals surface area (Å²) in [5.41, 5.74) is 3.78. The molecule has 0 saturated heterocycles. The smallest absolute Gasteiger partial charge is 0.241 e. The summed E-state index contributed by atoms with van der Waals surface area (Å²) in [5.74, 6) is 0.296. The standard InChI is InChI=1S/C22H30N2O4S/c1-6-21(18-9-8-16(3)17(4)14-18)23-22(25)15-24(29(5,26)27)19-10-12-20(13-11-19)28-7-2/h8-14,21H,6-7,15H2,1-5H3,(H,23,25)/t21-/m1/s1. The van der Waals surface area contributed by atoms with E-state index in [4.69, 9.17) is 4.74 Å². The minimum absolute atomic E-state index is 0.177. The average Bonchev–Trinajstić information content (AvgIpc) is 2.66. The fourth-order valence-electron chi connectivity index (χ4n) is 3.05. The van der Waals surface area contributed by atoms with Crippen molar-refractivity contribution in [2.45, 2.75) is 40.2 Å². The second kappa shape index (κ2) is 9.78. The molecule has 0 spiro atoms. The van der Waals surface area contributed by atoms with E-state index in [1.807, 2.05) is 39.8 Å². The summed E-state index contributed by atoms with van der Waals surface area (Å²) in [6.07, 6.45) is 1.80. The molecule has 2 aromatic carbocycles. The van der Waals surface area contributed by atoms with Gasteiger partial charge in [-0.3, -0.25) is 9.10 Å². The molecule has 1 N–H and O–H groups in total. The Morgan fingerprint density at radius 1 is 1.07 bits per heavy atom. The van der Waals surface area contributed by atoms with Gasteiger partial charge in [-0.05, 0) is 68.1 Å². The van der Waals surface area contributed by atoms with Crippen LogP contribution >= 0.6 is 0 Å². The molecular formula is C22H30N2O4S. The number of amides is 1. The van der Waals surface area contributed by atoms with Crippen LogP contribution in [-0.2, 0) is 14.8 Å². The van der Waals surface area contributed by atoms with E-state index in [0.717, 1.165) is 21.7 Å². The molecule has 0 heterocycles. The summed E-state index contributed by atoms with van der Waals surface area (Å²) in [6.45, 7) is 8.18. The summed E-state index contributed by atoms with van der Waals surface area (Å²) in [4.78, 5) is 12.7. The SMILES string of the molecule is CCOc1ccc(N(CC(=O)N[C@H](CC)c2ccc(C)c(C)c2)S(C)(=O)=O)cc1. The first kappa shape index (κ1) is 22.7. The van der Waals surface area contributed by atoms with Gasteiger partial charge in [0.1, 0.15) is 12.3 Å². The van der Waals surface area contributed by atoms with Gasteiger partial charge >= 0.3 is 0 Å². The second-order valence-corrected chi connectivity index (χ2v) is 8.98. The van der Waals surface area contributed by atoms with E-state index in [9.17, 15) is 13.2 Å². The summed E-state index contributed by atoms with van der Waals surface area (Å²) in [7, 11) is -3.63. The molecule has 0 radical (unpaired) electrons. The highest BCUT2D eigenvalue weighted by Crippen LogP contribution is 2.23. The van der Waals surface area contributed by atoms with Crippen molar-refractivity contribution in [3.05, 3.63) is 59.2 Å². The number of carbonyl (C=O) groups is 1. The van der Waals surface area contributed by atoms with Gasteiger partial charge in [-0.2, -0.15) is 0 Å². The van der Waals surface area contributed by atoms with Gasteiger partial charge in [-0.15, -0.1) is 0 Å². The van der Waals surface area contributed by atoms with Crippen molar-refractivity contribution in [2.75, 3.05) is 23.7 Å². The van der Waals surface area contributed by atoms with Crippen LogP contribution < -0.4 is 14.4 Å². The van der Waals surface area contributed by atoms with Crippen LogP contribution in [0.3, 0.4) is 0 Å². The minimum atomic E-state index is -3.63. The summed E-state index contributed by atoms with van der Waals surface area (Å²) in [5, 5.41) is 2.96. The molecule has 2 aromatic rings. The van der Waals surface area contributed by atoms with E-state index < -0.39 is 10.0 Å². The van der Waals surface area contributed by atoms with Crippen LogP contribution in [0.15, 0.2) is 42.5 Å². The lowest BCUT2D eigenvalue weighted by Crippen LogP contribution is -2.41. The van der Waals surface area contributed by atoms with Crippen molar-refractivity contribution < 1.29 is 17.9 Å². The highest BCUT2D eigenvalue weighted by atomic mass is 32.2. The molecule has 2 rings (SSSR count). The normalized spacial score (nSPS) is 12.3. The fraction of sp³-hybridized carbons (Fsp3) is 0.409. The first-order valence-electron chi connectivity index (χ1n) is 9.72. The van der Waals surface area contributed by atoms with Crippen LogP contribution in [0.1, 0.15) is 43.0 Å². The number of hydrogen-bond donors (Lipinski definition) is 1. The third-order valence-electron chi connectivity index (χ3n) is 4.80. The lowest BCUT2D eigenvalue weighted by Gasteiger charge is -2.24. The Balaban J connectivity index is 2.17. The maximum atomic E-state index is 12.7. The first-order chi connectivity index (χ1) is 13.7. The van der Waals surface area contributed by atoms with Crippen LogP contribution in [0.2, 0.25) is 0 Å². The Bertz CT molecular complexity index is 940. The van der Waals surface area contributed by atoms with Crippen LogP contribution in [0.25, 0.3) is 0 Å². The number of nitrogens with one attached hydrogen (secondary N) is 1. The van der Waals surface area contributed by atoms with Gasteiger partial charge in [0.05, 0.1) is 24.6 Å². The molecule has 29 heavy (non-hydrogen) atoms. The molecule has 0 fully saturated rings. The highest BCUT2D eigenvalue weighted by molar-refractivity contribution is 7.92. The molecule has 6 nitrogen and oxygen atoms in total. The zero-order chi connectivity index (χ0) is 21.6. The monoisotopic (exact) mass is 418 g/mol. The Kier molecular flexibility index (Phi) is 7.67. The molecule has 158 valence electrons. The third-order valence-corrected chi connectivity index (χ3v) is 5.94. The van der Waals surface area contributed by atoms with E-state index in [2.05, 4.69) is 11.4 Å². The lowest BCUT2D eigenvalue weighted by molar-refractivity contribution is -0.120. The quantitative estimate of drug-likeness (QED) is 0.673.